The van der Waals surface area contributed by atoms with Gasteiger partial charge in [-0.15, -0.1) is 0 Å². The minimum atomic E-state index is 2.00. The van der Waals surface area contributed by atoms with E-state index in [-0.39, 0.29) is 0 Å². The predicted molar refractivity (Wildman–Crippen MR) is 146 cm³/mol. The highest BCUT2D eigenvalue weighted by atomic mass is 13.7. The Bertz CT molecular complexity index is 564. The van der Waals surface area contributed by atoms with Crippen molar-refractivity contribution in [3.8, 4) is 0 Å². The Morgan fingerprint density at radius 2 is 0.0938 bits per heavy atom. The number of rotatable bonds is 0. The second-order valence-electron chi connectivity index (χ2n) is 6.16. The SMILES string of the molecule is C1=CC=CC=CC=CC=CC=CC=CC=CC=CC=CC=CC=CC=CC=CC=CC=C1. The van der Waals surface area contributed by atoms with Gasteiger partial charge in [-0.1, -0.05) is 194 Å². The zero-order valence-corrected chi connectivity index (χ0v) is 18.5. The molecule has 1 aliphatic carbocycles. The molecule has 1 aliphatic rings. The van der Waals surface area contributed by atoms with Crippen LogP contribution < -0.4 is 0 Å². The van der Waals surface area contributed by atoms with E-state index in [1.54, 1.807) is 0 Å². The largest absolute Gasteiger partial charge is 0.0623 e. The summed E-state index contributed by atoms with van der Waals surface area (Å²) in [5, 5.41) is 0. The van der Waals surface area contributed by atoms with Gasteiger partial charge in [0, 0.05) is 0 Å². The van der Waals surface area contributed by atoms with Crippen LogP contribution in [0.1, 0.15) is 0 Å². The lowest BCUT2D eigenvalue weighted by Gasteiger charge is -1.77. The highest BCUT2D eigenvalue weighted by molar-refractivity contribution is 5.25. The maximum absolute atomic E-state index is 2.00. The Morgan fingerprint density at radius 3 is 0.125 bits per heavy atom. The number of hydrogen-bond donors (Lipinski definition) is 0. The molecule has 0 N–H and O–H groups in total. The molecular weight excluding hydrogens is 384 g/mol. The van der Waals surface area contributed by atoms with Gasteiger partial charge in [-0.25, -0.2) is 0 Å². The van der Waals surface area contributed by atoms with Crippen molar-refractivity contribution >= 4 is 0 Å². The van der Waals surface area contributed by atoms with Crippen LogP contribution in [0.2, 0.25) is 0 Å². The van der Waals surface area contributed by atoms with E-state index in [4.69, 9.17) is 0 Å². The van der Waals surface area contributed by atoms with E-state index in [1.165, 1.54) is 0 Å². The first-order chi connectivity index (χ1) is 16.0. The average Bonchev–Trinajstić information content (AvgIpc) is 2.80. The van der Waals surface area contributed by atoms with Gasteiger partial charge in [-0.2, -0.15) is 0 Å². The van der Waals surface area contributed by atoms with Crippen LogP contribution in [0.4, 0.5) is 0 Å². The second kappa shape index (κ2) is 23.1. The topological polar surface area (TPSA) is 0 Å². The van der Waals surface area contributed by atoms with Gasteiger partial charge in [0.1, 0.15) is 0 Å². The third-order valence-corrected chi connectivity index (χ3v) is 3.56. The fraction of sp³-hybridized carbons (Fsp3) is 0. The Kier molecular flexibility index (Phi) is 18.7. The molecule has 0 aromatic carbocycles. The van der Waals surface area contributed by atoms with Crippen molar-refractivity contribution in [3.05, 3.63) is 194 Å². The molecule has 32 heavy (non-hydrogen) atoms. The minimum Gasteiger partial charge on any atom is -0.0623 e. The molecular formula is C32H32. The Morgan fingerprint density at radius 1 is 0.0625 bits per heavy atom. The van der Waals surface area contributed by atoms with Gasteiger partial charge in [0.05, 0.1) is 0 Å². The summed E-state index contributed by atoms with van der Waals surface area (Å²) in [5.74, 6) is 0. The molecule has 0 spiro atoms. The third kappa shape index (κ3) is 20.6. The van der Waals surface area contributed by atoms with Crippen molar-refractivity contribution in [2.75, 3.05) is 0 Å². The van der Waals surface area contributed by atoms with Crippen LogP contribution in [0.5, 0.6) is 0 Å². The molecule has 0 radical (unpaired) electrons. The summed E-state index contributed by atoms with van der Waals surface area (Å²) in [7, 11) is 0. The molecule has 0 heteroatoms. The molecule has 0 nitrogen and oxygen atoms in total. The smallest absolute Gasteiger partial charge is 0.0623 e. The molecule has 0 unspecified atom stereocenters. The molecule has 0 saturated heterocycles. The summed E-state index contributed by atoms with van der Waals surface area (Å²) in [6.45, 7) is 0. The first kappa shape index (κ1) is 25.9. The van der Waals surface area contributed by atoms with Crippen molar-refractivity contribution < 1.29 is 0 Å². The summed E-state index contributed by atoms with van der Waals surface area (Å²) >= 11 is 0. The molecule has 160 valence electrons. The maximum atomic E-state index is 2.00. The second-order valence-corrected chi connectivity index (χ2v) is 6.16. The van der Waals surface area contributed by atoms with E-state index in [9.17, 15) is 0 Å². The first-order valence-electron chi connectivity index (χ1n) is 10.7. The van der Waals surface area contributed by atoms with Gasteiger partial charge >= 0.3 is 0 Å². The molecule has 0 heterocycles. The van der Waals surface area contributed by atoms with Crippen LogP contribution in [0.25, 0.3) is 0 Å². The molecule has 0 aromatic rings. The van der Waals surface area contributed by atoms with Crippen LogP contribution in [0, 0.1) is 0 Å². The molecule has 1 rings (SSSR count). The van der Waals surface area contributed by atoms with Crippen molar-refractivity contribution in [2.45, 2.75) is 0 Å². The molecule has 0 aromatic heterocycles. The molecule has 0 bridgehead atoms. The lowest BCUT2D eigenvalue weighted by Crippen LogP contribution is -1.55. The fourth-order valence-corrected chi connectivity index (χ4v) is 2.05. The summed E-state index contributed by atoms with van der Waals surface area (Å²) < 4.78 is 0. The molecule has 0 aliphatic heterocycles. The van der Waals surface area contributed by atoms with Crippen LogP contribution >= 0.6 is 0 Å². The van der Waals surface area contributed by atoms with E-state index < -0.39 is 0 Å². The highest BCUT2D eigenvalue weighted by Crippen LogP contribution is 1.89. The third-order valence-electron chi connectivity index (χ3n) is 3.56. The van der Waals surface area contributed by atoms with E-state index in [2.05, 4.69) is 0 Å². The lowest BCUT2D eigenvalue weighted by atomic mass is 10.3. The Hall–Kier alpha value is -4.16. The van der Waals surface area contributed by atoms with Crippen molar-refractivity contribution in [1.29, 1.82) is 0 Å². The Labute approximate surface area is 194 Å². The van der Waals surface area contributed by atoms with Crippen LogP contribution in [0.15, 0.2) is 194 Å². The average molecular weight is 417 g/mol. The highest BCUT2D eigenvalue weighted by Gasteiger charge is 1.67. The summed E-state index contributed by atoms with van der Waals surface area (Å²) in [4.78, 5) is 0. The normalized spacial score (nSPS) is 16.0. The summed E-state index contributed by atoms with van der Waals surface area (Å²) in [6.07, 6.45) is 64.0. The van der Waals surface area contributed by atoms with Gasteiger partial charge in [-0.05, 0) is 0 Å². The predicted octanol–water partition coefficient (Wildman–Crippen LogP) is 8.90. The van der Waals surface area contributed by atoms with E-state index in [0.29, 0.717) is 0 Å². The first-order valence-corrected chi connectivity index (χ1v) is 10.7. The molecule has 0 saturated carbocycles. The molecule has 0 atom stereocenters. The van der Waals surface area contributed by atoms with Gasteiger partial charge < -0.3 is 0 Å². The standard InChI is InChI=1S/C32H32/c1-2-4-6-8-10-12-14-16-18-20-22-24-26-28-30-32-31-29-27-25-23-21-19-17-15-13-11-9-7-5-3-1/h1-32H. The van der Waals surface area contributed by atoms with Gasteiger partial charge in [-0.3, -0.25) is 0 Å². The Balaban J connectivity index is 2.67. The monoisotopic (exact) mass is 416 g/mol. The van der Waals surface area contributed by atoms with Crippen molar-refractivity contribution in [1.82, 2.24) is 0 Å². The zero-order valence-electron chi connectivity index (χ0n) is 18.5. The molecule has 0 fully saturated rings. The van der Waals surface area contributed by atoms with Crippen molar-refractivity contribution in [3.63, 3.8) is 0 Å². The summed E-state index contributed by atoms with van der Waals surface area (Å²) in [6, 6.07) is 0. The van der Waals surface area contributed by atoms with Crippen LogP contribution in [-0.4, -0.2) is 0 Å². The fourth-order valence-electron chi connectivity index (χ4n) is 2.05. The van der Waals surface area contributed by atoms with Gasteiger partial charge in [0.2, 0.25) is 0 Å². The van der Waals surface area contributed by atoms with Crippen LogP contribution in [-0.2, 0) is 0 Å². The van der Waals surface area contributed by atoms with Gasteiger partial charge in [0.25, 0.3) is 0 Å². The maximum Gasteiger partial charge on any atom is -0.0623 e. The minimum absolute atomic E-state index is 2.00. The number of allylic oxidation sites excluding steroid dienone is 32. The van der Waals surface area contributed by atoms with Crippen LogP contribution in [0.3, 0.4) is 0 Å². The summed E-state index contributed by atoms with van der Waals surface area (Å²) in [5.41, 5.74) is 0. The van der Waals surface area contributed by atoms with E-state index in [0.717, 1.165) is 0 Å². The quantitative estimate of drug-likeness (QED) is 0.370. The number of hydrogen-bond acceptors (Lipinski definition) is 0. The molecule has 0 amide bonds. The zero-order chi connectivity index (χ0) is 22.6. The van der Waals surface area contributed by atoms with E-state index >= 15 is 0 Å². The lowest BCUT2D eigenvalue weighted by molar-refractivity contribution is 1.81. The van der Waals surface area contributed by atoms with Crippen molar-refractivity contribution in [2.24, 2.45) is 0 Å². The van der Waals surface area contributed by atoms with Gasteiger partial charge in [0.15, 0.2) is 0 Å². The van der Waals surface area contributed by atoms with E-state index in [1.807, 2.05) is 194 Å².